The van der Waals surface area contributed by atoms with Gasteiger partial charge < -0.3 is 15.4 Å². The highest BCUT2D eigenvalue weighted by atomic mass is 35.5. The highest BCUT2D eigenvalue weighted by Gasteiger charge is 2.10. The molecule has 0 aromatic heterocycles. The van der Waals surface area contributed by atoms with Gasteiger partial charge in [-0.1, -0.05) is 41.4 Å². The Balaban J connectivity index is 1.91. The van der Waals surface area contributed by atoms with Crippen molar-refractivity contribution >= 4 is 23.2 Å². The zero-order valence-corrected chi connectivity index (χ0v) is 15.4. The van der Waals surface area contributed by atoms with Gasteiger partial charge in [-0.3, -0.25) is 4.79 Å². The Hall–Kier alpha value is -2.97. The number of halogens is 1. The topological polar surface area (TPSA) is 74.1 Å². The van der Waals surface area contributed by atoms with E-state index in [2.05, 4.69) is 34.9 Å². The van der Waals surface area contributed by atoms with Crippen LogP contribution in [0.2, 0.25) is 5.02 Å². The van der Waals surface area contributed by atoms with E-state index in [1.807, 2.05) is 13.0 Å². The van der Waals surface area contributed by atoms with Gasteiger partial charge in [-0.05, 0) is 37.1 Å². The summed E-state index contributed by atoms with van der Waals surface area (Å²) in [6, 6.07) is 15.0. The average molecular weight is 370 g/mol. The van der Waals surface area contributed by atoms with Crippen molar-refractivity contribution in [1.82, 2.24) is 5.32 Å². The summed E-state index contributed by atoms with van der Waals surface area (Å²) in [6.45, 7) is 2.66. The summed E-state index contributed by atoms with van der Waals surface area (Å²) >= 11 is 6.03. The lowest BCUT2D eigenvalue weighted by Crippen LogP contribution is -2.18. The van der Waals surface area contributed by atoms with Gasteiger partial charge >= 0.3 is 0 Å². The summed E-state index contributed by atoms with van der Waals surface area (Å²) < 4.78 is 5.06. The molecule has 2 rings (SSSR count). The number of hydrogen-bond acceptors (Lipinski definition) is 4. The van der Waals surface area contributed by atoms with E-state index in [0.717, 1.165) is 6.42 Å². The molecule has 0 saturated carbocycles. The number of aryl methyl sites for hydroxylation is 1. The molecule has 6 heteroatoms. The van der Waals surface area contributed by atoms with Crippen LogP contribution in [-0.2, 0) is 11.2 Å². The first kappa shape index (κ1) is 19.4. The summed E-state index contributed by atoms with van der Waals surface area (Å²) in [6.07, 6.45) is 2.22. The first-order valence-corrected chi connectivity index (χ1v) is 8.45. The number of anilines is 1. The first-order valence-electron chi connectivity index (χ1n) is 8.07. The Labute approximate surface area is 158 Å². The molecule has 26 heavy (non-hydrogen) atoms. The summed E-state index contributed by atoms with van der Waals surface area (Å²) in [4.78, 5) is 12.2. The van der Waals surface area contributed by atoms with Crippen LogP contribution in [-0.4, -0.2) is 19.6 Å². The Morgan fingerprint density at radius 3 is 2.62 bits per heavy atom. The van der Waals surface area contributed by atoms with Gasteiger partial charge in [0.15, 0.2) is 0 Å². The highest BCUT2D eigenvalue weighted by molar-refractivity contribution is 6.32. The van der Waals surface area contributed by atoms with Gasteiger partial charge in [0.1, 0.15) is 17.4 Å². The van der Waals surface area contributed by atoms with Gasteiger partial charge in [-0.15, -0.1) is 0 Å². The predicted octanol–water partition coefficient (Wildman–Crippen LogP) is 3.84. The molecule has 0 bridgehead atoms. The second-order valence-corrected chi connectivity index (χ2v) is 6.07. The quantitative estimate of drug-likeness (QED) is 0.442. The van der Waals surface area contributed by atoms with Crippen molar-refractivity contribution in [3.63, 3.8) is 0 Å². The molecule has 0 aliphatic carbocycles. The van der Waals surface area contributed by atoms with Crippen molar-refractivity contribution in [3.8, 4) is 11.8 Å². The Kier molecular flexibility index (Phi) is 7.07. The first-order chi connectivity index (χ1) is 12.5. The predicted molar refractivity (Wildman–Crippen MR) is 103 cm³/mol. The third-order valence-corrected chi connectivity index (χ3v) is 4.00. The number of carbonyl (C=O) groups is 1. The Morgan fingerprint density at radius 2 is 2.00 bits per heavy atom. The number of nitriles is 1. The molecule has 0 aliphatic rings. The minimum absolute atomic E-state index is 0.0131. The molecule has 2 aromatic carbocycles. The molecule has 0 fully saturated rings. The van der Waals surface area contributed by atoms with E-state index in [1.165, 1.54) is 24.4 Å². The molecule has 0 spiro atoms. The number of nitrogens with one attached hydrogen (secondary N) is 2. The van der Waals surface area contributed by atoms with Crippen molar-refractivity contribution < 1.29 is 9.53 Å². The van der Waals surface area contributed by atoms with Crippen molar-refractivity contribution in [1.29, 1.82) is 5.26 Å². The standard InChI is InChI=1S/C20H20ClN3O2/c1-14-3-5-15(6-4-14)9-10-23-13-16(12-22)20(25)24-17-7-8-19(26-2)18(21)11-17/h3-8,11,13,23H,9-10H2,1-2H3,(H,24,25)/b16-13-. The number of methoxy groups -OCH3 is 1. The van der Waals surface area contributed by atoms with Gasteiger partial charge in [0, 0.05) is 18.4 Å². The average Bonchev–Trinajstić information content (AvgIpc) is 2.63. The molecule has 0 heterocycles. The fourth-order valence-electron chi connectivity index (χ4n) is 2.24. The highest BCUT2D eigenvalue weighted by Crippen LogP contribution is 2.27. The van der Waals surface area contributed by atoms with E-state index in [4.69, 9.17) is 16.3 Å². The smallest absolute Gasteiger partial charge is 0.267 e. The zero-order chi connectivity index (χ0) is 18.9. The molecule has 0 aliphatic heterocycles. The van der Waals surface area contributed by atoms with Crippen LogP contribution in [0.15, 0.2) is 54.2 Å². The minimum Gasteiger partial charge on any atom is -0.495 e. The van der Waals surface area contributed by atoms with Gasteiger partial charge in [0.05, 0.1) is 12.1 Å². The fourth-order valence-corrected chi connectivity index (χ4v) is 2.49. The number of amides is 1. The summed E-state index contributed by atoms with van der Waals surface area (Å²) in [7, 11) is 1.51. The van der Waals surface area contributed by atoms with E-state index < -0.39 is 5.91 Å². The second-order valence-electron chi connectivity index (χ2n) is 5.66. The lowest BCUT2D eigenvalue weighted by atomic mass is 10.1. The van der Waals surface area contributed by atoms with Crippen LogP contribution in [0.1, 0.15) is 11.1 Å². The molecular formula is C20H20ClN3O2. The van der Waals surface area contributed by atoms with Crippen molar-refractivity contribution in [3.05, 3.63) is 70.4 Å². The van der Waals surface area contributed by atoms with Gasteiger partial charge in [0.25, 0.3) is 5.91 Å². The van der Waals surface area contributed by atoms with Crippen LogP contribution in [0.3, 0.4) is 0 Å². The Morgan fingerprint density at radius 1 is 1.27 bits per heavy atom. The monoisotopic (exact) mass is 369 g/mol. The molecule has 5 nitrogen and oxygen atoms in total. The fraction of sp³-hybridized carbons (Fsp3) is 0.200. The van der Waals surface area contributed by atoms with E-state index in [1.54, 1.807) is 18.2 Å². The normalized spacial score (nSPS) is 10.8. The van der Waals surface area contributed by atoms with Crippen molar-refractivity contribution in [2.24, 2.45) is 0 Å². The Bertz CT molecular complexity index is 839. The number of rotatable bonds is 7. The lowest BCUT2D eigenvalue weighted by Gasteiger charge is -2.08. The SMILES string of the molecule is COc1ccc(NC(=O)/C(C#N)=C\NCCc2ccc(C)cc2)cc1Cl. The van der Waals surface area contributed by atoms with Crippen LogP contribution >= 0.6 is 11.6 Å². The van der Waals surface area contributed by atoms with Gasteiger partial charge in [0.2, 0.25) is 0 Å². The molecule has 2 aromatic rings. The maximum atomic E-state index is 12.2. The molecule has 134 valence electrons. The number of nitrogens with zero attached hydrogens (tertiary/aromatic N) is 1. The van der Waals surface area contributed by atoms with Crippen LogP contribution in [0.25, 0.3) is 0 Å². The number of carbonyl (C=O) groups excluding carboxylic acids is 1. The maximum absolute atomic E-state index is 12.2. The van der Waals surface area contributed by atoms with Gasteiger partial charge in [-0.2, -0.15) is 5.26 Å². The molecule has 0 saturated heterocycles. The zero-order valence-electron chi connectivity index (χ0n) is 14.7. The third-order valence-electron chi connectivity index (χ3n) is 3.70. The summed E-state index contributed by atoms with van der Waals surface area (Å²) in [5.74, 6) is 0.00931. The molecular weight excluding hydrogens is 350 g/mol. The third kappa shape index (κ3) is 5.54. The minimum atomic E-state index is -0.503. The van der Waals surface area contributed by atoms with Gasteiger partial charge in [-0.25, -0.2) is 0 Å². The van der Waals surface area contributed by atoms with Crippen LogP contribution in [0, 0.1) is 18.3 Å². The number of ether oxygens (including phenoxy) is 1. The second kappa shape index (κ2) is 9.50. The maximum Gasteiger partial charge on any atom is 0.267 e. The van der Waals surface area contributed by atoms with Crippen LogP contribution in [0.5, 0.6) is 5.75 Å². The van der Waals surface area contributed by atoms with E-state index in [-0.39, 0.29) is 5.57 Å². The summed E-state index contributed by atoms with van der Waals surface area (Å²) in [5.41, 5.74) is 2.87. The van der Waals surface area contributed by atoms with Crippen molar-refractivity contribution in [2.75, 3.05) is 19.0 Å². The van der Waals surface area contributed by atoms with E-state index >= 15 is 0 Å². The number of benzene rings is 2. The molecule has 0 radical (unpaired) electrons. The summed E-state index contributed by atoms with van der Waals surface area (Å²) in [5, 5.41) is 15.2. The van der Waals surface area contributed by atoms with Crippen molar-refractivity contribution in [2.45, 2.75) is 13.3 Å². The molecule has 0 atom stereocenters. The lowest BCUT2D eigenvalue weighted by molar-refractivity contribution is -0.112. The van der Waals surface area contributed by atoms with E-state index in [9.17, 15) is 10.1 Å². The molecule has 1 amide bonds. The van der Waals surface area contributed by atoms with E-state index in [0.29, 0.717) is 23.0 Å². The van der Waals surface area contributed by atoms with Crippen LogP contribution in [0.4, 0.5) is 5.69 Å². The largest absolute Gasteiger partial charge is 0.495 e. The molecule has 2 N–H and O–H groups in total. The number of hydrogen-bond donors (Lipinski definition) is 2. The van der Waals surface area contributed by atoms with Crippen LogP contribution < -0.4 is 15.4 Å². The molecule has 0 unspecified atom stereocenters.